The molecule has 2 rings (SSSR count). The molecule has 1 atom stereocenters. The number of halogens is 1. The van der Waals surface area contributed by atoms with Gasteiger partial charge >= 0.3 is 5.97 Å². The molecule has 0 saturated carbocycles. The number of carboxylic acids is 1. The van der Waals surface area contributed by atoms with Gasteiger partial charge in [0, 0.05) is 11.1 Å². The number of carboxylic acid groups (broad SMARTS) is 1. The highest BCUT2D eigenvalue weighted by atomic mass is 35.5. The van der Waals surface area contributed by atoms with E-state index in [1.807, 2.05) is 20.8 Å². The number of quaternary nitrogens is 1. The molecule has 0 aliphatic carbocycles. The average Bonchev–Trinajstić information content (AvgIpc) is 2.91. The van der Waals surface area contributed by atoms with Crippen molar-refractivity contribution in [2.45, 2.75) is 126 Å². The Balaban J connectivity index is -0.0000000695. The maximum atomic E-state index is 11.9. The highest BCUT2D eigenvalue weighted by molar-refractivity contribution is 5.95. The summed E-state index contributed by atoms with van der Waals surface area (Å²) in [5.41, 5.74) is 1.84. The number of rotatable bonds is 10. The Bertz CT molecular complexity index is 863. The first-order valence-corrected chi connectivity index (χ1v) is 13.5. The third-order valence-electron chi connectivity index (χ3n) is 7.55. The highest BCUT2D eigenvalue weighted by Gasteiger charge is 2.25. The Labute approximate surface area is 276 Å². The van der Waals surface area contributed by atoms with Crippen molar-refractivity contribution in [2.24, 2.45) is 5.41 Å². The van der Waals surface area contributed by atoms with Gasteiger partial charge in [0.2, 0.25) is 5.91 Å². The summed E-state index contributed by atoms with van der Waals surface area (Å²) in [5.74, 6) is -0.332. The van der Waals surface area contributed by atoms with Crippen LogP contribution < -0.4 is 17.7 Å². The van der Waals surface area contributed by atoms with Gasteiger partial charge in [-0.25, -0.2) is 4.79 Å². The van der Waals surface area contributed by atoms with Crippen LogP contribution in [0.2, 0.25) is 0 Å². The number of nitrogens with one attached hydrogen (secondary N) is 1. The summed E-state index contributed by atoms with van der Waals surface area (Å²) in [6, 6.07) is 16.8. The molecule has 5 nitrogen and oxygen atoms in total. The molecule has 0 heterocycles. The van der Waals surface area contributed by atoms with Crippen LogP contribution in [0.25, 0.3) is 0 Å². The molecule has 6 heteroatoms. The first kappa shape index (κ1) is 59.9. The van der Waals surface area contributed by atoms with Crippen molar-refractivity contribution in [2.75, 3.05) is 31.5 Å². The maximum Gasteiger partial charge on any atom is 0.335 e. The lowest BCUT2D eigenvalue weighted by molar-refractivity contribution is -0.921. The maximum absolute atomic E-state index is 11.9. The van der Waals surface area contributed by atoms with Gasteiger partial charge in [-0.05, 0) is 76.3 Å². The van der Waals surface area contributed by atoms with Crippen molar-refractivity contribution in [3.05, 3.63) is 65.7 Å². The summed E-state index contributed by atoms with van der Waals surface area (Å²) in [5, 5.41) is 11.5. The molecule has 2 aromatic rings. The predicted molar refractivity (Wildman–Crippen MR) is 194 cm³/mol. The minimum Gasteiger partial charge on any atom is -1.00 e. The fourth-order valence-electron chi connectivity index (χ4n) is 3.52. The summed E-state index contributed by atoms with van der Waals surface area (Å²) in [6.45, 7) is 24.4. The predicted octanol–water partition coefficient (Wildman–Crippen LogP) is 8.66. The van der Waals surface area contributed by atoms with Gasteiger partial charge in [0.15, 0.2) is 0 Å². The van der Waals surface area contributed by atoms with Crippen LogP contribution in [0.1, 0.15) is 142 Å². The van der Waals surface area contributed by atoms with E-state index >= 15 is 0 Å². The fraction of sp³-hybridized carbons (Fsp3) is 0.622. The quantitative estimate of drug-likeness (QED) is 0.258. The van der Waals surface area contributed by atoms with Crippen molar-refractivity contribution >= 4 is 17.6 Å². The molecule has 258 valence electrons. The minimum atomic E-state index is -0.975. The number of nitrogens with zero attached hydrogens (tertiary/aromatic N) is 1. The molecule has 0 spiro atoms. The van der Waals surface area contributed by atoms with E-state index in [9.17, 15) is 9.59 Å². The molecular formula is C37H75ClN2O3. The van der Waals surface area contributed by atoms with E-state index in [1.54, 1.807) is 12.1 Å². The third kappa shape index (κ3) is 21.9. The number of hydrogen-bond donors (Lipinski definition) is 2. The number of benzene rings is 2. The Kier molecular flexibility index (Phi) is 43.3. The normalized spacial score (nSPS) is 9.88. The topological polar surface area (TPSA) is 66.4 Å². The zero-order chi connectivity index (χ0) is 27.8. The molecule has 0 bridgehead atoms. The molecule has 0 aromatic heterocycles. The SMILES string of the molecule is C.C.C.C.C.C.CCC(C)(C)C(=O)Nc1ccc(C(=O)O)cc1.CCC(C)c1ccccc1.CC[N+](CC)(CC)CC.[Cl-]. The summed E-state index contributed by atoms with van der Waals surface area (Å²) in [4.78, 5) is 22.5. The fourth-order valence-corrected chi connectivity index (χ4v) is 3.52. The largest absolute Gasteiger partial charge is 1.00 e. The Morgan fingerprint density at radius 2 is 1.14 bits per heavy atom. The second-order valence-corrected chi connectivity index (χ2v) is 9.90. The van der Waals surface area contributed by atoms with E-state index in [1.165, 1.54) is 54.8 Å². The molecule has 2 aromatic carbocycles. The lowest BCUT2D eigenvalue weighted by Crippen LogP contribution is -3.00. The van der Waals surface area contributed by atoms with Gasteiger partial charge in [0.25, 0.3) is 0 Å². The first-order chi connectivity index (χ1) is 16.9. The van der Waals surface area contributed by atoms with Crippen LogP contribution in [0.3, 0.4) is 0 Å². The van der Waals surface area contributed by atoms with Gasteiger partial charge in [-0.15, -0.1) is 0 Å². The van der Waals surface area contributed by atoms with E-state index in [-0.39, 0.29) is 68.4 Å². The highest BCUT2D eigenvalue weighted by Crippen LogP contribution is 2.22. The van der Waals surface area contributed by atoms with Crippen LogP contribution >= 0.6 is 0 Å². The summed E-state index contributed by atoms with van der Waals surface area (Å²) in [7, 11) is 0. The van der Waals surface area contributed by atoms with Crippen LogP contribution in [0.4, 0.5) is 5.69 Å². The van der Waals surface area contributed by atoms with Gasteiger partial charge in [0.1, 0.15) is 0 Å². The Morgan fingerprint density at radius 1 is 0.744 bits per heavy atom. The smallest absolute Gasteiger partial charge is 0.335 e. The molecule has 0 fully saturated rings. The van der Waals surface area contributed by atoms with Crippen LogP contribution in [0.15, 0.2) is 54.6 Å². The number of carbonyl (C=O) groups is 2. The van der Waals surface area contributed by atoms with Gasteiger partial charge < -0.3 is 27.3 Å². The Morgan fingerprint density at radius 3 is 1.42 bits per heavy atom. The standard InChI is InChI=1S/C13H17NO3.C10H14.C8H20N.6CH4.ClH/c1-4-13(2,3)12(17)14-10-7-5-9(6-8-10)11(15)16;1-3-9(2)10-7-5-4-6-8-10;1-5-9(6-2,7-3)8-4;;;;;;;/h5-8H,4H2,1-3H3,(H,14,17)(H,15,16);4-9H,3H2,1-2H3;5-8H2,1-4H3;6*1H4;1H/q;;+1;;;;;;;/p-1. The second-order valence-electron chi connectivity index (χ2n) is 9.90. The zero-order valence-corrected chi connectivity index (χ0v) is 25.4. The third-order valence-corrected chi connectivity index (χ3v) is 7.55. The van der Waals surface area contributed by atoms with Crippen LogP contribution in [0.5, 0.6) is 0 Å². The van der Waals surface area contributed by atoms with Crippen molar-refractivity contribution in [3.8, 4) is 0 Å². The van der Waals surface area contributed by atoms with E-state index < -0.39 is 11.4 Å². The van der Waals surface area contributed by atoms with Gasteiger partial charge in [0.05, 0.1) is 31.7 Å². The van der Waals surface area contributed by atoms with E-state index in [2.05, 4.69) is 77.2 Å². The molecular weight excluding hydrogens is 556 g/mol. The summed E-state index contributed by atoms with van der Waals surface area (Å²) >= 11 is 0. The van der Waals surface area contributed by atoms with Crippen molar-refractivity contribution in [3.63, 3.8) is 0 Å². The van der Waals surface area contributed by atoms with Crippen LogP contribution in [0, 0.1) is 5.41 Å². The van der Waals surface area contributed by atoms with E-state index in [0.717, 1.165) is 6.42 Å². The Hall–Kier alpha value is -2.37. The number of hydrogen-bond acceptors (Lipinski definition) is 2. The molecule has 0 aliphatic rings. The molecule has 0 aliphatic heterocycles. The van der Waals surface area contributed by atoms with Gasteiger partial charge in [-0.3, -0.25) is 4.79 Å². The van der Waals surface area contributed by atoms with Crippen LogP contribution in [-0.4, -0.2) is 47.6 Å². The monoisotopic (exact) mass is 631 g/mol. The molecule has 0 radical (unpaired) electrons. The van der Waals surface area contributed by atoms with Crippen LogP contribution in [-0.2, 0) is 4.79 Å². The summed E-state index contributed by atoms with van der Waals surface area (Å²) in [6.07, 6.45) is 1.97. The molecule has 0 saturated heterocycles. The van der Waals surface area contributed by atoms with Crippen molar-refractivity contribution < 1.29 is 31.6 Å². The van der Waals surface area contributed by atoms with Gasteiger partial charge in [-0.2, -0.15) is 0 Å². The molecule has 2 N–H and O–H groups in total. The van der Waals surface area contributed by atoms with E-state index in [0.29, 0.717) is 11.6 Å². The molecule has 43 heavy (non-hydrogen) atoms. The molecule has 1 amide bonds. The van der Waals surface area contributed by atoms with Gasteiger partial charge in [-0.1, -0.05) is 110 Å². The number of aromatic carboxylic acids is 1. The van der Waals surface area contributed by atoms with Crippen molar-refractivity contribution in [1.82, 2.24) is 0 Å². The number of anilines is 1. The van der Waals surface area contributed by atoms with Crippen molar-refractivity contribution in [1.29, 1.82) is 0 Å². The minimum absolute atomic E-state index is 0. The zero-order valence-electron chi connectivity index (χ0n) is 24.6. The first-order valence-electron chi connectivity index (χ1n) is 13.5. The lowest BCUT2D eigenvalue weighted by Gasteiger charge is -2.34. The molecule has 1 unspecified atom stereocenters. The number of amides is 1. The number of carbonyl (C=O) groups excluding carboxylic acids is 1. The second kappa shape index (κ2) is 31.1. The van der Waals surface area contributed by atoms with E-state index in [4.69, 9.17) is 5.11 Å². The summed E-state index contributed by atoms with van der Waals surface area (Å²) < 4.78 is 1.28. The average molecular weight is 631 g/mol. The lowest BCUT2D eigenvalue weighted by atomic mass is 9.89.